The zero-order valence-electron chi connectivity index (χ0n) is 13.5. The number of pyridine rings is 1. The van der Waals surface area contributed by atoms with Gasteiger partial charge in [0.25, 0.3) is 11.6 Å². The van der Waals surface area contributed by atoms with Crippen LogP contribution in [0.2, 0.25) is 0 Å². The van der Waals surface area contributed by atoms with E-state index in [2.05, 4.69) is 15.5 Å². The quantitative estimate of drug-likeness (QED) is 0.512. The molecule has 2 aromatic rings. The van der Waals surface area contributed by atoms with Crippen molar-refractivity contribution in [1.29, 1.82) is 0 Å². The van der Waals surface area contributed by atoms with Gasteiger partial charge in [0.15, 0.2) is 0 Å². The predicted octanol–water partition coefficient (Wildman–Crippen LogP) is 2.35. The van der Waals surface area contributed by atoms with Gasteiger partial charge in [0, 0.05) is 30.9 Å². The van der Waals surface area contributed by atoms with Crippen molar-refractivity contribution in [3.8, 4) is 0 Å². The van der Waals surface area contributed by atoms with Crippen LogP contribution in [0.4, 0.5) is 11.4 Å². The molecule has 1 aromatic carbocycles. The average molecular weight is 339 g/mol. The van der Waals surface area contributed by atoms with Crippen molar-refractivity contribution in [1.82, 2.24) is 10.4 Å². The van der Waals surface area contributed by atoms with Crippen LogP contribution < -0.4 is 10.3 Å². The highest BCUT2D eigenvalue weighted by Crippen LogP contribution is 2.31. The van der Waals surface area contributed by atoms with E-state index in [-0.39, 0.29) is 11.4 Å². The Labute approximate surface area is 144 Å². The summed E-state index contributed by atoms with van der Waals surface area (Å²) < 4.78 is 0. The molecule has 1 N–H and O–H groups in total. The Hall–Kier alpha value is -3.29. The summed E-state index contributed by atoms with van der Waals surface area (Å²) in [4.78, 5) is 28.7. The van der Waals surface area contributed by atoms with Crippen molar-refractivity contribution in [2.45, 2.75) is 12.8 Å². The Balaban J connectivity index is 1.73. The summed E-state index contributed by atoms with van der Waals surface area (Å²) in [6.07, 6.45) is 4.97. The fourth-order valence-corrected chi connectivity index (χ4v) is 2.71. The second kappa shape index (κ2) is 7.52. The largest absolute Gasteiger partial charge is 0.366 e. The van der Waals surface area contributed by atoms with E-state index < -0.39 is 10.8 Å². The van der Waals surface area contributed by atoms with Crippen LogP contribution in [0.3, 0.4) is 0 Å². The second-order valence-corrected chi connectivity index (χ2v) is 5.61. The number of aromatic nitrogens is 1. The van der Waals surface area contributed by atoms with Crippen LogP contribution in [-0.2, 0) is 0 Å². The summed E-state index contributed by atoms with van der Waals surface area (Å²) in [6.45, 7) is 1.66. The lowest BCUT2D eigenvalue weighted by Crippen LogP contribution is -2.19. The zero-order chi connectivity index (χ0) is 17.6. The number of nitro benzene ring substituents is 1. The van der Waals surface area contributed by atoms with Gasteiger partial charge in [-0.3, -0.25) is 19.9 Å². The number of carbonyl (C=O) groups excluding carboxylic acids is 1. The molecule has 1 amide bonds. The Morgan fingerprint density at radius 2 is 2.08 bits per heavy atom. The van der Waals surface area contributed by atoms with Crippen LogP contribution in [-0.4, -0.2) is 35.1 Å². The molecule has 8 heteroatoms. The maximum atomic E-state index is 11.8. The lowest BCUT2D eigenvalue weighted by molar-refractivity contribution is -0.384. The van der Waals surface area contributed by atoms with Crippen LogP contribution in [0.25, 0.3) is 0 Å². The van der Waals surface area contributed by atoms with Gasteiger partial charge < -0.3 is 4.90 Å². The minimum Gasteiger partial charge on any atom is -0.366 e. The van der Waals surface area contributed by atoms with Gasteiger partial charge in [-0.25, -0.2) is 5.43 Å². The number of anilines is 1. The lowest BCUT2D eigenvalue weighted by atomic mass is 10.1. The van der Waals surface area contributed by atoms with Crippen molar-refractivity contribution in [2.75, 3.05) is 18.0 Å². The van der Waals surface area contributed by atoms with Gasteiger partial charge >= 0.3 is 0 Å². The Morgan fingerprint density at radius 3 is 2.76 bits per heavy atom. The highest BCUT2D eigenvalue weighted by molar-refractivity contribution is 5.93. The number of hydrogen-bond acceptors (Lipinski definition) is 6. The van der Waals surface area contributed by atoms with Gasteiger partial charge in [-0.1, -0.05) is 12.1 Å². The topological polar surface area (TPSA) is 101 Å². The van der Waals surface area contributed by atoms with Crippen LogP contribution in [0.15, 0.2) is 47.7 Å². The summed E-state index contributed by atoms with van der Waals surface area (Å²) in [5.74, 6) is -0.444. The molecular weight excluding hydrogens is 322 g/mol. The minimum absolute atomic E-state index is 0.0434. The first-order valence-electron chi connectivity index (χ1n) is 7.93. The van der Waals surface area contributed by atoms with Crippen molar-refractivity contribution in [2.24, 2.45) is 5.10 Å². The third-order valence-electron chi connectivity index (χ3n) is 3.92. The van der Waals surface area contributed by atoms with Gasteiger partial charge in [0.05, 0.1) is 11.1 Å². The van der Waals surface area contributed by atoms with E-state index in [0.717, 1.165) is 25.9 Å². The van der Waals surface area contributed by atoms with E-state index in [1.54, 1.807) is 30.3 Å². The van der Waals surface area contributed by atoms with Gasteiger partial charge in [-0.05, 0) is 31.0 Å². The third-order valence-corrected chi connectivity index (χ3v) is 3.92. The highest BCUT2D eigenvalue weighted by Gasteiger charge is 2.22. The Bertz CT molecular complexity index is 801. The smallest absolute Gasteiger partial charge is 0.293 e. The van der Waals surface area contributed by atoms with E-state index in [1.165, 1.54) is 18.5 Å². The van der Waals surface area contributed by atoms with Crippen LogP contribution in [0.1, 0.15) is 28.9 Å². The molecular formula is C17H17N5O3. The zero-order valence-corrected chi connectivity index (χ0v) is 13.5. The van der Waals surface area contributed by atoms with E-state index >= 15 is 0 Å². The first-order chi connectivity index (χ1) is 12.1. The van der Waals surface area contributed by atoms with E-state index in [9.17, 15) is 14.9 Å². The molecule has 1 saturated heterocycles. The number of carbonyl (C=O) groups is 1. The van der Waals surface area contributed by atoms with Gasteiger partial charge in [-0.2, -0.15) is 5.10 Å². The fourth-order valence-electron chi connectivity index (χ4n) is 2.71. The SMILES string of the molecule is O=C(NN=Cc1ccc(N2CCCC2)c([N+](=O)[O-])c1)c1ccccn1. The normalized spacial score (nSPS) is 14.0. The number of benzene rings is 1. The number of hydrazone groups is 1. The summed E-state index contributed by atoms with van der Waals surface area (Å²) in [7, 11) is 0. The van der Waals surface area contributed by atoms with Crippen molar-refractivity contribution >= 4 is 23.5 Å². The second-order valence-electron chi connectivity index (χ2n) is 5.61. The molecule has 0 saturated carbocycles. The molecule has 3 rings (SSSR count). The highest BCUT2D eigenvalue weighted by atomic mass is 16.6. The first-order valence-corrected chi connectivity index (χ1v) is 7.93. The molecule has 128 valence electrons. The molecule has 0 unspecified atom stereocenters. The van der Waals surface area contributed by atoms with Crippen molar-refractivity contribution in [3.63, 3.8) is 0 Å². The number of nitrogens with one attached hydrogen (secondary N) is 1. The maximum Gasteiger partial charge on any atom is 0.293 e. The van der Waals surface area contributed by atoms with Gasteiger partial charge in [0.2, 0.25) is 0 Å². The van der Waals surface area contributed by atoms with Crippen molar-refractivity contribution < 1.29 is 9.72 Å². The molecule has 25 heavy (non-hydrogen) atoms. The standard InChI is InChI=1S/C17H17N5O3/c23-17(14-5-1-2-8-18-14)20-19-12-13-6-7-15(16(11-13)22(24)25)21-9-3-4-10-21/h1-2,5-8,11-12H,3-4,9-10H2,(H,20,23). The Kier molecular flexibility index (Phi) is 4.98. The molecule has 1 aliphatic heterocycles. The van der Waals surface area contributed by atoms with Crippen molar-refractivity contribution in [3.05, 3.63) is 64.0 Å². The van der Waals surface area contributed by atoms with Crippen LogP contribution in [0, 0.1) is 10.1 Å². The summed E-state index contributed by atoms with van der Waals surface area (Å²) >= 11 is 0. The van der Waals surface area contributed by atoms with Crippen LogP contribution in [0.5, 0.6) is 0 Å². The first kappa shape index (κ1) is 16.6. The number of nitrogens with zero attached hydrogens (tertiary/aromatic N) is 4. The molecule has 0 spiro atoms. The summed E-state index contributed by atoms with van der Waals surface area (Å²) in [5.41, 5.74) is 3.80. The molecule has 0 aliphatic carbocycles. The average Bonchev–Trinajstić information content (AvgIpc) is 3.16. The third kappa shape index (κ3) is 3.97. The number of rotatable bonds is 5. The van der Waals surface area contributed by atoms with E-state index in [0.29, 0.717) is 11.3 Å². The number of amides is 1. The van der Waals surface area contributed by atoms with Gasteiger partial charge in [-0.15, -0.1) is 0 Å². The molecule has 8 nitrogen and oxygen atoms in total. The lowest BCUT2D eigenvalue weighted by Gasteiger charge is -2.17. The summed E-state index contributed by atoms with van der Waals surface area (Å²) in [6, 6.07) is 9.92. The molecule has 0 radical (unpaired) electrons. The molecule has 0 atom stereocenters. The fraction of sp³-hybridized carbons (Fsp3) is 0.235. The number of nitro groups is 1. The molecule has 1 aromatic heterocycles. The predicted molar refractivity (Wildman–Crippen MR) is 93.8 cm³/mol. The minimum atomic E-state index is -0.444. The van der Waals surface area contributed by atoms with E-state index in [4.69, 9.17) is 0 Å². The molecule has 2 heterocycles. The van der Waals surface area contributed by atoms with E-state index in [1.807, 2.05) is 4.90 Å². The maximum absolute atomic E-state index is 11.8. The Morgan fingerprint density at radius 1 is 1.28 bits per heavy atom. The molecule has 0 bridgehead atoms. The molecule has 1 fully saturated rings. The number of hydrogen-bond donors (Lipinski definition) is 1. The molecule has 1 aliphatic rings. The summed E-state index contributed by atoms with van der Waals surface area (Å²) in [5, 5.41) is 15.2. The monoisotopic (exact) mass is 339 g/mol. The van der Waals surface area contributed by atoms with Gasteiger partial charge in [0.1, 0.15) is 11.4 Å². The van der Waals surface area contributed by atoms with Crippen LogP contribution >= 0.6 is 0 Å².